The summed E-state index contributed by atoms with van der Waals surface area (Å²) in [6.45, 7) is 4.00. The van der Waals surface area contributed by atoms with E-state index in [9.17, 15) is 13.6 Å². The summed E-state index contributed by atoms with van der Waals surface area (Å²) in [6, 6.07) is 8.35. The van der Waals surface area contributed by atoms with Crippen LogP contribution in [0.5, 0.6) is 0 Å². The summed E-state index contributed by atoms with van der Waals surface area (Å²) in [4.78, 5) is 11.8. The molecule has 0 amide bonds. The largest absolute Gasteiger partial charge is 0.422 e. The standard InChI is InChI=1S/C18H15F2NO2/c1-10-3-5-14-12(7-17(22)23-18(14)11(10)2)9-21-16-8-13(19)4-6-15(16)20/h3-8,21H,9H2,1-2H3. The predicted molar refractivity (Wildman–Crippen MR) is 85.6 cm³/mol. The molecule has 0 spiro atoms. The summed E-state index contributed by atoms with van der Waals surface area (Å²) in [6.07, 6.45) is 0. The molecule has 0 atom stereocenters. The second kappa shape index (κ2) is 5.83. The highest BCUT2D eigenvalue weighted by atomic mass is 19.1. The van der Waals surface area contributed by atoms with E-state index in [-0.39, 0.29) is 12.2 Å². The van der Waals surface area contributed by atoms with Gasteiger partial charge in [-0.2, -0.15) is 0 Å². The Kier molecular flexibility index (Phi) is 3.86. The van der Waals surface area contributed by atoms with E-state index in [1.807, 2.05) is 26.0 Å². The van der Waals surface area contributed by atoms with Crippen molar-refractivity contribution < 1.29 is 13.2 Å². The Bertz CT molecular complexity index is 948. The third-order valence-electron chi connectivity index (χ3n) is 3.92. The first kappa shape index (κ1) is 15.2. The van der Waals surface area contributed by atoms with Crippen LogP contribution in [0.1, 0.15) is 16.7 Å². The molecular formula is C18H15F2NO2. The molecule has 0 radical (unpaired) electrons. The second-order valence-electron chi connectivity index (χ2n) is 5.45. The number of anilines is 1. The highest BCUT2D eigenvalue weighted by molar-refractivity contribution is 5.84. The van der Waals surface area contributed by atoms with Gasteiger partial charge in [-0.15, -0.1) is 0 Å². The Morgan fingerprint density at radius 2 is 1.87 bits per heavy atom. The van der Waals surface area contributed by atoms with Crippen LogP contribution >= 0.6 is 0 Å². The third-order valence-corrected chi connectivity index (χ3v) is 3.92. The smallest absolute Gasteiger partial charge is 0.336 e. The summed E-state index contributed by atoms with van der Waals surface area (Å²) in [5.41, 5.74) is 2.68. The Morgan fingerprint density at radius 3 is 2.65 bits per heavy atom. The zero-order chi connectivity index (χ0) is 16.6. The molecule has 0 aliphatic heterocycles. The third kappa shape index (κ3) is 2.95. The highest BCUT2D eigenvalue weighted by Gasteiger charge is 2.10. The van der Waals surface area contributed by atoms with Gasteiger partial charge in [0.2, 0.25) is 0 Å². The minimum absolute atomic E-state index is 0.0511. The minimum atomic E-state index is -0.550. The van der Waals surface area contributed by atoms with Gasteiger partial charge in [-0.1, -0.05) is 12.1 Å². The maximum Gasteiger partial charge on any atom is 0.336 e. The number of nitrogens with one attached hydrogen (secondary N) is 1. The lowest BCUT2D eigenvalue weighted by atomic mass is 10.0. The lowest BCUT2D eigenvalue weighted by Crippen LogP contribution is -2.07. The van der Waals surface area contributed by atoms with Crippen molar-refractivity contribution in [1.29, 1.82) is 0 Å². The van der Waals surface area contributed by atoms with Gasteiger partial charge in [0, 0.05) is 18.0 Å². The number of benzene rings is 2. The number of halogens is 2. The van der Waals surface area contributed by atoms with Crippen LogP contribution in [0.2, 0.25) is 0 Å². The fourth-order valence-corrected chi connectivity index (χ4v) is 2.49. The highest BCUT2D eigenvalue weighted by Crippen LogP contribution is 2.24. The molecule has 1 aromatic heterocycles. The molecule has 118 valence electrons. The average Bonchev–Trinajstić information content (AvgIpc) is 2.52. The van der Waals surface area contributed by atoms with Gasteiger partial charge in [0.1, 0.15) is 17.2 Å². The molecule has 0 bridgehead atoms. The predicted octanol–water partition coefficient (Wildman–Crippen LogP) is 4.30. The van der Waals surface area contributed by atoms with Crippen LogP contribution in [0, 0.1) is 25.5 Å². The van der Waals surface area contributed by atoms with Crippen LogP contribution in [-0.2, 0) is 6.54 Å². The van der Waals surface area contributed by atoms with E-state index in [1.165, 1.54) is 6.07 Å². The van der Waals surface area contributed by atoms with Crippen LogP contribution in [0.25, 0.3) is 11.0 Å². The molecule has 0 saturated carbocycles. The Hall–Kier alpha value is -2.69. The fourth-order valence-electron chi connectivity index (χ4n) is 2.49. The molecule has 23 heavy (non-hydrogen) atoms. The normalized spacial score (nSPS) is 11.0. The van der Waals surface area contributed by atoms with Gasteiger partial charge in [-0.05, 0) is 48.7 Å². The molecule has 3 rings (SSSR count). The van der Waals surface area contributed by atoms with Crippen LogP contribution in [0.15, 0.2) is 45.6 Å². The van der Waals surface area contributed by atoms with Gasteiger partial charge >= 0.3 is 5.63 Å². The van der Waals surface area contributed by atoms with Crippen molar-refractivity contribution in [3.63, 3.8) is 0 Å². The van der Waals surface area contributed by atoms with E-state index in [4.69, 9.17) is 4.42 Å². The van der Waals surface area contributed by atoms with E-state index in [2.05, 4.69) is 5.32 Å². The van der Waals surface area contributed by atoms with E-state index in [0.29, 0.717) is 11.1 Å². The molecule has 0 unspecified atom stereocenters. The summed E-state index contributed by atoms with van der Waals surface area (Å²) in [5, 5.41) is 3.60. The SMILES string of the molecule is Cc1ccc2c(CNc3cc(F)ccc3F)cc(=O)oc2c1C. The lowest BCUT2D eigenvalue weighted by Gasteiger charge is -2.11. The zero-order valence-corrected chi connectivity index (χ0v) is 12.7. The van der Waals surface area contributed by atoms with Crippen molar-refractivity contribution in [3.8, 4) is 0 Å². The number of aryl methyl sites for hydroxylation is 2. The molecule has 0 saturated heterocycles. The van der Waals surface area contributed by atoms with E-state index in [0.717, 1.165) is 34.7 Å². The first-order valence-corrected chi connectivity index (χ1v) is 7.17. The van der Waals surface area contributed by atoms with Crippen LogP contribution in [0.3, 0.4) is 0 Å². The maximum absolute atomic E-state index is 13.7. The number of hydrogen-bond donors (Lipinski definition) is 1. The molecule has 0 aliphatic carbocycles. The van der Waals surface area contributed by atoms with Crippen molar-refractivity contribution in [1.82, 2.24) is 0 Å². The molecule has 1 heterocycles. The molecule has 3 nitrogen and oxygen atoms in total. The molecule has 1 N–H and O–H groups in total. The molecule has 2 aromatic carbocycles. The molecular weight excluding hydrogens is 300 g/mol. The monoisotopic (exact) mass is 315 g/mol. The van der Waals surface area contributed by atoms with Crippen LogP contribution < -0.4 is 10.9 Å². The Balaban J connectivity index is 2.02. The number of hydrogen-bond acceptors (Lipinski definition) is 3. The number of fused-ring (bicyclic) bond motifs is 1. The van der Waals surface area contributed by atoms with E-state index < -0.39 is 17.3 Å². The topological polar surface area (TPSA) is 42.2 Å². The van der Waals surface area contributed by atoms with Crippen molar-refractivity contribution in [3.05, 3.63) is 75.1 Å². The van der Waals surface area contributed by atoms with Crippen LogP contribution in [0.4, 0.5) is 14.5 Å². The summed E-state index contributed by atoms with van der Waals surface area (Å²) in [5.74, 6) is -1.08. The van der Waals surface area contributed by atoms with Crippen molar-refractivity contribution in [2.24, 2.45) is 0 Å². The van der Waals surface area contributed by atoms with Gasteiger partial charge in [0.25, 0.3) is 0 Å². The van der Waals surface area contributed by atoms with Crippen molar-refractivity contribution in [2.45, 2.75) is 20.4 Å². The van der Waals surface area contributed by atoms with Crippen molar-refractivity contribution in [2.75, 3.05) is 5.32 Å². The first-order valence-electron chi connectivity index (χ1n) is 7.17. The van der Waals surface area contributed by atoms with Gasteiger partial charge in [0.15, 0.2) is 0 Å². The fraction of sp³-hybridized carbons (Fsp3) is 0.167. The van der Waals surface area contributed by atoms with Crippen molar-refractivity contribution >= 4 is 16.7 Å². The first-order chi connectivity index (χ1) is 11.0. The number of rotatable bonds is 3. The lowest BCUT2D eigenvalue weighted by molar-refractivity contribution is 0.556. The maximum atomic E-state index is 13.7. The molecule has 5 heteroatoms. The van der Waals surface area contributed by atoms with Gasteiger partial charge in [0.05, 0.1) is 5.69 Å². The van der Waals surface area contributed by atoms with E-state index in [1.54, 1.807) is 0 Å². The zero-order valence-electron chi connectivity index (χ0n) is 12.7. The molecule has 3 aromatic rings. The Labute approximate surface area is 131 Å². The summed E-state index contributed by atoms with van der Waals surface area (Å²) in [7, 11) is 0. The van der Waals surface area contributed by atoms with Gasteiger partial charge in [-0.25, -0.2) is 13.6 Å². The van der Waals surface area contributed by atoms with Gasteiger partial charge < -0.3 is 9.73 Å². The quantitative estimate of drug-likeness (QED) is 0.733. The van der Waals surface area contributed by atoms with Crippen LogP contribution in [-0.4, -0.2) is 0 Å². The average molecular weight is 315 g/mol. The minimum Gasteiger partial charge on any atom is -0.422 e. The van der Waals surface area contributed by atoms with Gasteiger partial charge in [-0.3, -0.25) is 0 Å². The van der Waals surface area contributed by atoms with E-state index >= 15 is 0 Å². The summed E-state index contributed by atoms with van der Waals surface area (Å²) < 4.78 is 32.2. The Morgan fingerprint density at radius 1 is 1.09 bits per heavy atom. The molecule has 0 aliphatic rings. The summed E-state index contributed by atoms with van der Waals surface area (Å²) >= 11 is 0. The second-order valence-corrected chi connectivity index (χ2v) is 5.45. The molecule has 0 fully saturated rings.